The first-order chi connectivity index (χ1) is 12.2. The molecule has 2 aliphatic rings. The zero-order valence-corrected chi connectivity index (χ0v) is 14.9. The highest BCUT2D eigenvalue weighted by Gasteiger charge is 2.42. The van der Waals surface area contributed by atoms with E-state index in [9.17, 15) is 4.79 Å². The highest BCUT2D eigenvalue weighted by Crippen LogP contribution is 2.48. The summed E-state index contributed by atoms with van der Waals surface area (Å²) in [6.45, 7) is 4.95. The van der Waals surface area contributed by atoms with E-state index in [1.807, 2.05) is 0 Å². The largest absolute Gasteiger partial charge is 0.337 e. The topological polar surface area (TPSA) is 23.6 Å². The maximum atomic E-state index is 11.2. The number of ketones is 1. The first-order valence-electron chi connectivity index (χ1n) is 9.39. The summed E-state index contributed by atoms with van der Waals surface area (Å²) >= 11 is 0. The Bertz CT molecular complexity index is 743. The number of Topliss-reactive ketones (excluding diaryl/α,β-unsaturated/α-hetero) is 1. The van der Waals surface area contributed by atoms with Gasteiger partial charge in [-0.2, -0.15) is 0 Å². The summed E-state index contributed by atoms with van der Waals surface area (Å²) in [7, 11) is 0. The van der Waals surface area contributed by atoms with Crippen molar-refractivity contribution >= 4 is 17.2 Å². The Morgan fingerprint density at radius 2 is 1.84 bits per heavy atom. The van der Waals surface area contributed by atoms with Crippen LogP contribution in [-0.4, -0.2) is 36.4 Å². The van der Waals surface area contributed by atoms with E-state index in [4.69, 9.17) is 0 Å². The molecule has 2 aliphatic heterocycles. The van der Waals surface area contributed by atoms with E-state index in [0.29, 0.717) is 24.2 Å². The Hall–Kier alpha value is -2.13. The average Bonchev–Trinajstić information content (AvgIpc) is 2.96. The van der Waals surface area contributed by atoms with Gasteiger partial charge in [0, 0.05) is 42.8 Å². The van der Waals surface area contributed by atoms with E-state index >= 15 is 0 Å². The summed E-state index contributed by atoms with van der Waals surface area (Å²) in [5, 5.41) is 0. The van der Waals surface area contributed by atoms with Crippen LogP contribution < -0.4 is 4.90 Å². The molecule has 2 aromatic rings. The van der Waals surface area contributed by atoms with Crippen molar-refractivity contribution < 1.29 is 4.79 Å². The van der Waals surface area contributed by atoms with Gasteiger partial charge in [0.2, 0.25) is 0 Å². The van der Waals surface area contributed by atoms with E-state index in [-0.39, 0.29) is 0 Å². The van der Waals surface area contributed by atoms with Crippen molar-refractivity contribution in [2.24, 2.45) is 0 Å². The van der Waals surface area contributed by atoms with Crippen LogP contribution in [0.2, 0.25) is 0 Å². The van der Waals surface area contributed by atoms with Crippen LogP contribution >= 0.6 is 0 Å². The molecule has 1 saturated heterocycles. The summed E-state index contributed by atoms with van der Waals surface area (Å²) in [5.74, 6) is 0.860. The zero-order chi connectivity index (χ0) is 17.2. The standard InChI is InChI=1S/C22H26N2O/c1-17(25)8-7-14-23-15-13-22-20(16-23)19-11-5-6-12-21(19)24(22)18-9-3-2-4-10-18/h2-6,9-12,20,22H,7-8,13-16H2,1H3. The molecule has 3 heteroatoms. The lowest BCUT2D eigenvalue weighted by molar-refractivity contribution is -0.117. The molecule has 2 aromatic carbocycles. The van der Waals surface area contributed by atoms with Crippen LogP contribution in [0.3, 0.4) is 0 Å². The van der Waals surface area contributed by atoms with Gasteiger partial charge in [0.1, 0.15) is 5.78 Å². The SMILES string of the molecule is CC(=O)CCCN1CCC2C(C1)c1ccccc1N2c1ccccc1. The number of anilines is 2. The third kappa shape index (κ3) is 3.21. The molecule has 25 heavy (non-hydrogen) atoms. The number of rotatable bonds is 5. The molecule has 3 nitrogen and oxygen atoms in total. The molecule has 2 unspecified atom stereocenters. The fourth-order valence-electron chi connectivity index (χ4n) is 4.49. The van der Waals surface area contributed by atoms with Crippen LogP contribution in [0.5, 0.6) is 0 Å². The number of para-hydroxylation sites is 2. The minimum Gasteiger partial charge on any atom is -0.337 e. The number of hydrogen-bond acceptors (Lipinski definition) is 3. The monoisotopic (exact) mass is 334 g/mol. The molecule has 0 N–H and O–H groups in total. The maximum Gasteiger partial charge on any atom is 0.129 e. The van der Waals surface area contributed by atoms with Gasteiger partial charge in [0.25, 0.3) is 0 Å². The van der Waals surface area contributed by atoms with Gasteiger partial charge in [-0.1, -0.05) is 36.4 Å². The Kier molecular flexibility index (Phi) is 4.58. The predicted molar refractivity (Wildman–Crippen MR) is 103 cm³/mol. The summed E-state index contributed by atoms with van der Waals surface area (Å²) in [4.78, 5) is 16.3. The minimum atomic E-state index is 0.302. The lowest BCUT2D eigenvalue weighted by Gasteiger charge is -2.39. The highest BCUT2D eigenvalue weighted by atomic mass is 16.1. The van der Waals surface area contributed by atoms with Crippen LogP contribution in [0.4, 0.5) is 11.4 Å². The van der Waals surface area contributed by atoms with E-state index in [1.54, 1.807) is 6.92 Å². The van der Waals surface area contributed by atoms with Crippen molar-refractivity contribution in [1.82, 2.24) is 4.90 Å². The molecule has 0 aromatic heterocycles. The van der Waals surface area contributed by atoms with Gasteiger partial charge in [0.15, 0.2) is 0 Å². The second-order valence-corrected chi connectivity index (χ2v) is 7.33. The van der Waals surface area contributed by atoms with Gasteiger partial charge in [-0.05, 0) is 50.1 Å². The van der Waals surface area contributed by atoms with Gasteiger partial charge >= 0.3 is 0 Å². The lowest BCUT2D eigenvalue weighted by Crippen LogP contribution is -2.45. The van der Waals surface area contributed by atoms with Crippen LogP contribution in [0.25, 0.3) is 0 Å². The summed E-state index contributed by atoms with van der Waals surface area (Å²) < 4.78 is 0. The van der Waals surface area contributed by atoms with Gasteiger partial charge in [0.05, 0.1) is 0 Å². The molecule has 2 heterocycles. The molecule has 0 amide bonds. The van der Waals surface area contributed by atoms with Crippen molar-refractivity contribution in [3.63, 3.8) is 0 Å². The molecular formula is C22H26N2O. The molecule has 0 radical (unpaired) electrons. The third-order valence-electron chi connectivity index (χ3n) is 5.63. The van der Waals surface area contributed by atoms with E-state index in [1.165, 1.54) is 23.4 Å². The van der Waals surface area contributed by atoms with Crippen LogP contribution in [0.15, 0.2) is 54.6 Å². The van der Waals surface area contributed by atoms with Crippen molar-refractivity contribution in [2.45, 2.75) is 38.1 Å². The van der Waals surface area contributed by atoms with E-state index in [2.05, 4.69) is 64.4 Å². The second-order valence-electron chi connectivity index (χ2n) is 7.33. The molecule has 0 spiro atoms. The van der Waals surface area contributed by atoms with Gasteiger partial charge in [-0.15, -0.1) is 0 Å². The number of piperidine rings is 1. The van der Waals surface area contributed by atoms with E-state index < -0.39 is 0 Å². The zero-order valence-electron chi connectivity index (χ0n) is 14.9. The smallest absolute Gasteiger partial charge is 0.129 e. The molecule has 1 fully saturated rings. The molecule has 130 valence electrons. The first kappa shape index (κ1) is 16.3. The quantitative estimate of drug-likeness (QED) is 0.811. The third-order valence-corrected chi connectivity index (χ3v) is 5.63. The minimum absolute atomic E-state index is 0.302. The Balaban J connectivity index is 1.56. The summed E-state index contributed by atoms with van der Waals surface area (Å²) in [5.41, 5.74) is 4.15. The number of carbonyl (C=O) groups excluding carboxylic acids is 1. The van der Waals surface area contributed by atoms with Gasteiger partial charge in [-0.3, -0.25) is 0 Å². The molecule has 0 bridgehead atoms. The number of fused-ring (bicyclic) bond motifs is 3. The lowest BCUT2D eigenvalue weighted by atomic mass is 9.89. The Morgan fingerprint density at radius 1 is 1.08 bits per heavy atom. The van der Waals surface area contributed by atoms with Gasteiger partial charge < -0.3 is 14.6 Å². The molecule has 0 saturated carbocycles. The maximum absolute atomic E-state index is 11.2. The molecule has 4 rings (SSSR count). The van der Waals surface area contributed by atoms with Crippen LogP contribution in [-0.2, 0) is 4.79 Å². The van der Waals surface area contributed by atoms with Crippen LogP contribution in [0, 0.1) is 0 Å². The fourth-order valence-corrected chi connectivity index (χ4v) is 4.49. The number of nitrogens with zero attached hydrogens (tertiary/aromatic N) is 2. The Morgan fingerprint density at radius 3 is 2.64 bits per heavy atom. The van der Waals surface area contributed by atoms with Crippen molar-refractivity contribution in [1.29, 1.82) is 0 Å². The van der Waals surface area contributed by atoms with Crippen LogP contribution in [0.1, 0.15) is 37.7 Å². The normalized spacial score (nSPS) is 22.5. The highest BCUT2D eigenvalue weighted by molar-refractivity contribution is 5.75. The second kappa shape index (κ2) is 7.01. The Labute approximate surface area is 150 Å². The average molecular weight is 334 g/mol. The predicted octanol–water partition coefficient (Wildman–Crippen LogP) is 4.37. The first-order valence-corrected chi connectivity index (χ1v) is 9.39. The van der Waals surface area contributed by atoms with Crippen molar-refractivity contribution in [2.75, 3.05) is 24.5 Å². The number of benzene rings is 2. The van der Waals surface area contributed by atoms with Crippen molar-refractivity contribution in [3.8, 4) is 0 Å². The number of hydrogen-bond donors (Lipinski definition) is 0. The summed E-state index contributed by atoms with van der Waals surface area (Å²) in [6.07, 6.45) is 2.86. The number of carbonyl (C=O) groups is 1. The van der Waals surface area contributed by atoms with Crippen molar-refractivity contribution in [3.05, 3.63) is 60.2 Å². The molecule has 2 atom stereocenters. The molecule has 0 aliphatic carbocycles. The molecular weight excluding hydrogens is 308 g/mol. The summed E-state index contributed by atoms with van der Waals surface area (Å²) in [6, 6.07) is 20.2. The number of likely N-dealkylation sites (tertiary alicyclic amines) is 1. The van der Waals surface area contributed by atoms with E-state index in [0.717, 1.165) is 26.1 Å². The fraction of sp³-hybridized carbons (Fsp3) is 0.409. The van der Waals surface area contributed by atoms with Gasteiger partial charge in [-0.25, -0.2) is 0 Å².